The third-order valence-corrected chi connectivity index (χ3v) is 4.12. The summed E-state index contributed by atoms with van der Waals surface area (Å²) in [5.74, 6) is 0. The van der Waals surface area contributed by atoms with Crippen molar-refractivity contribution in [1.29, 1.82) is 5.26 Å². The smallest absolute Gasteiger partial charge is 0.101 e. The van der Waals surface area contributed by atoms with Crippen molar-refractivity contribution in [3.05, 3.63) is 23.8 Å². The summed E-state index contributed by atoms with van der Waals surface area (Å²) in [6, 6.07) is 8.42. The van der Waals surface area contributed by atoms with E-state index >= 15 is 0 Å². The lowest BCUT2D eigenvalue weighted by atomic mass is 10.0. The highest BCUT2D eigenvalue weighted by atomic mass is 15.2. The first-order valence-electron chi connectivity index (χ1n) is 6.90. The highest BCUT2D eigenvalue weighted by Crippen LogP contribution is 2.25. The molecule has 0 bridgehead atoms. The van der Waals surface area contributed by atoms with Gasteiger partial charge in [0.15, 0.2) is 0 Å². The number of hydrogen-bond donors (Lipinski definition) is 1. The van der Waals surface area contributed by atoms with Crippen LogP contribution in [0.2, 0.25) is 0 Å². The first kappa shape index (κ1) is 13.7. The molecule has 1 aliphatic rings. The Morgan fingerprint density at radius 1 is 1.42 bits per heavy atom. The van der Waals surface area contributed by atoms with Gasteiger partial charge in [-0.25, -0.2) is 0 Å². The average Bonchev–Trinajstić information content (AvgIpc) is 2.47. The van der Waals surface area contributed by atoms with Gasteiger partial charge in [0.2, 0.25) is 0 Å². The quantitative estimate of drug-likeness (QED) is 0.843. The molecule has 0 radical (unpaired) electrons. The van der Waals surface area contributed by atoms with Crippen molar-refractivity contribution in [2.45, 2.75) is 25.8 Å². The van der Waals surface area contributed by atoms with E-state index in [2.05, 4.69) is 29.8 Å². The first-order chi connectivity index (χ1) is 9.15. The summed E-state index contributed by atoms with van der Waals surface area (Å²) < 4.78 is 0. The van der Waals surface area contributed by atoms with Gasteiger partial charge < -0.3 is 15.5 Å². The van der Waals surface area contributed by atoms with Gasteiger partial charge in [-0.1, -0.05) is 6.92 Å². The Labute approximate surface area is 115 Å². The molecule has 1 saturated heterocycles. The molecule has 2 N–H and O–H groups in total. The second-order valence-corrected chi connectivity index (χ2v) is 5.16. The molecule has 1 fully saturated rings. The van der Waals surface area contributed by atoms with E-state index in [0.717, 1.165) is 25.3 Å². The number of nitrogens with zero attached hydrogens (tertiary/aromatic N) is 3. The third kappa shape index (κ3) is 2.99. The van der Waals surface area contributed by atoms with Gasteiger partial charge in [-0.05, 0) is 37.6 Å². The first-order valence-corrected chi connectivity index (χ1v) is 6.90. The number of benzene rings is 1. The van der Waals surface area contributed by atoms with Crippen molar-refractivity contribution in [1.82, 2.24) is 4.90 Å². The van der Waals surface area contributed by atoms with Crippen LogP contribution >= 0.6 is 0 Å². The Bertz CT molecular complexity index is 470. The predicted molar refractivity (Wildman–Crippen MR) is 79.1 cm³/mol. The number of rotatable bonds is 3. The number of nitriles is 1. The monoisotopic (exact) mass is 258 g/mol. The minimum Gasteiger partial charge on any atom is -0.398 e. The van der Waals surface area contributed by atoms with Crippen LogP contribution in [-0.2, 0) is 0 Å². The van der Waals surface area contributed by atoms with Crippen LogP contribution in [-0.4, -0.2) is 37.6 Å². The van der Waals surface area contributed by atoms with Crippen molar-refractivity contribution in [2.75, 3.05) is 37.3 Å². The Morgan fingerprint density at radius 2 is 2.11 bits per heavy atom. The number of nitrogen functional groups attached to an aromatic ring is 1. The normalized spacial score (nSPS) is 17.1. The third-order valence-electron chi connectivity index (χ3n) is 4.12. The summed E-state index contributed by atoms with van der Waals surface area (Å²) in [6.07, 6.45) is 2.35. The number of likely N-dealkylation sites (tertiary alicyclic amines) is 1. The molecule has 1 aromatic rings. The molecule has 0 unspecified atom stereocenters. The molecule has 0 spiro atoms. The number of piperidine rings is 1. The minimum absolute atomic E-state index is 0.554. The number of nitrogens with two attached hydrogens (primary N) is 1. The van der Waals surface area contributed by atoms with E-state index in [1.807, 2.05) is 18.2 Å². The van der Waals surface area contributed by atoms with Gasteiger partial charge in [-0.3, -0.25) is 0 Å². The van der Waals surface area contributed by atoms with Crippen molar-refractivity contribution in [3.63, 3.8) is 0 Å². The van der Waals surface area contributed by atoms with Crippen molar-refractivity contribution in [3.8, 4) is 6.07 Å². The lowest BCUT2D eigenvalue weighted by Crippen LogP contribution is -2.43. The van der Waals surface area contributed by atoms with Gasteiger partial charge in [0.05, 0.1) is 5.56 Å². The molecule has 4 nitrogen and oxygen atoms in total. The predicted octanol–water partition coefficient (Wildman–Crippen LogP) is 2.06. The van der Waals surface area contributed by atoms with Crippen LogP contribution in [0.3, 0.4) is 0 Å². The molecule has 0 saturated carbocycles. The van der Waals surface area contributed by atoms with Crippen LogP contribution in [0.1, 0.15) is 25.3 Å². The zero-order valence-corrected chi connectivity index (χ0v) is 11.8. The molecule has 1 heterocycles. The Hall–Kier alpha value is -1.73. The maximum Gasteiger partial charge on any atom is 0.101 e. The fourth-order valence-electron chi connectivity index (χ4n) is 2.69. The van der Waals surface area contributed by atoms with Gasteiger partial charge in [0, 0.05) is 37.6 Å². The zero-order chi connectivity index (χ0) is 13.8. The largest absolute Gasteiger partial charge is 0.398 e. The maximum absolute atomic E-state index is 9.05. The second-order valence-electron chi connectivity index (χ2n) is 5.16. The van der Waals surface area contributed by atoms with E-state index in [9.17, 15) is 0 Å². The summed E-state index contributed by atoms with van der Waals surface area (Å²) in [5.41, 5.74) is 7.97. The molecule has 19 heavy (non-hydrogen) atoms. The molecule has 4 heteroatoms. The number of hydrogen-bond acceptors (Lipinski definition) is 4. The lowest BCUT2D eigenvalue weighted by Gasteiger charge is -2.37. The van der Waals surface area contributed by atoms with Crippen molar-refractivity contribution < 1.29 is 0 Å². The zero-order valence-electron chi connectivity index (χ0n) is 11.8. The molecule has 1 aromatic carbocycles. The molecule has 1 aliphatic heterocycles. The average molecular weight is 258 g/mol. The molecule has 0 aliphatic carbocycles. The standard InChI is InChI=1S/C15H22N4/c1-3-19-8-6-13(7-9-19)18(2)14-4-5-15(17)12(10-14)11-16/h4-5,10,13H,3,6-9,17H2,1-2H3. The molecule has 0 atom stereocenters. The Morgan fingerprint density at radius 3 is 2.68 bits per heavy atom. The van der Waals surface area contributed by atoms with Crippen LogP contribution in [0.4, 0.5) is 11.4 Å². The van der Waals surface area contributed by atoms with Gasteiger partial charge >= 0.3 is 0 Å². The number of anilines is 2. The van der Waals surface area contributed by atoms with E-state index in [1.165, 1.54) is 12.8 Å². The van der Waals surface area contributed by atoms with Gasteiger partial charge in [-0.2, -0.15) is 5.26 Å². The molecule has 0 amide bonds. The fraction of sp³-hybridized carbons (Fsp3) is 0.533. The Kier molecular flexibility index (Phi) is 4.28. The van der Waals surface area contributed by atoms with Crippen molar-refractivity contribution in [2.24, 2.45) is 0 Å². The summed E-state index contributed by atoms with van der Waals surface area (Å²) in [7, 11) is 2.11. The lowest BCUT2D eigenvalue weighted by molar-refractivity contribution is 0.221. The van der Waals surface area contributed by atoms with E-state index in [4.69, 9.17) is 11.0 Å². The van der Waals surface area contributed by atoms with Crippen LogP contribution in [0.5, 0.6) is 0 Å². The van der Waals surface area contributed by atoms with Gasteiger partial charge in [0.25, 0.3) is 0 Å². The summed E-state index contributed by atoms with van der Waals surface area (Å²) in [5, 5.41) is 9.05. The van der Waals surface area contributed by atoms with Gasteiger partial charge in [0.1, 0.15) is 6.07 Å². The van der Waals surface area contributed by atoms with E-state index in [0.29, 0.717) is 17.3 Å². The summed E-state index contributed by atoms with van der Waals surface area (Å²) >= 11 is 0. The Balaban J connectivity index is 2.08. The van der Waals surface area contributed by atoms with E-state index in [1.54, 1.807) is 0 Å². The van der Waals surface area contributed by atoms with Crippen LogP contribution in [0.25, 0.3) is 0 Å². The SMILES string of the molecule is CCN1CCC(N(C)c2ccc(N)c(C#N)c2)CC1. The minimum atomic E-state index is 0.554. The van der Waals surface area contributed by atoms with E-state index < -0.39 is 0 Å². The van der Waals surface area contributed by atoms with Crippen LogP contribution in [0, 0.1) is 11.3 Å². The van der Waals surface area contributed by atoms with Crippen LogP contribution < -0.4 is 10.6 Å². The molecule has 102 valence electrons. The highest BCUT2D eigenvalue weighted by molar-refractivity contribution is 5.62. The summed E-state index contributed by atoms with van der Waals surface area (Å²) in [4.78, 5) is 4.77. The van der Waals surface area contributed by atoms with Crippen molar-refractivity contribution >= 4 is 11.4 Å². The fourth-order valence-corrected chi connectivity index (χ4v) is 2.69. The molecule has 0 aromatic heterocycles. The topological polar surface area (TPSA) is 56.3 Å². The summed E-state index contributed by atoms with van der Waals surface area (Å²) in [6.45, 7) is 5.66. The maximum atomic E-state index is 9.05. The highest BCUT2D eigenvalue weighted by Gasteiger charge is 2.22. The molecule has 2 rings (SSSR count). The second kappa shape index (κ2) is 5.94. The van der Waals surface area contributed by atoms with Gasteiger partial charge in [-0.15, -0.1) is 0 Å². The molecular weight excluding hydrogens is 236 g/mol. The molecular formula is C15H22N4. The van der Waals surface area contributed by atoms with Crippen LogP contribution in [0.15, 0.2) is 18.2 Å². The van der Waals surface area contributed by atoms with E-state index in [-0.39, 0.29) is 0 Å².